The topological polar surface area (TPSA) is 85.1 Å². The van der Waals surface area contributed by atoms with E-state index in [-0.39, 0.29) is 30.2 Å². The summed E-state index contributed by atoms with van der Waals surface area (Å²) in [6, 6.07) is 10.0. The summed E-state index contributed by atoms with van der Waals surface area (Å²) in [5.74, 6) is -0.653. The maximum absolute atomic E-state index is 12.2. The molecule has 2 aromatic rings. The van der Waals surface area contributed by atoms with Crippen LogP contribution >= 0.6 is 11.3 Å². The van der Waals surface area contributed by atoms with E-state index in [2.05, 4.69) is 22.4 Å². The van der Waals surface area contributed by atoms with Crippen LogP contribution in [0.25, 0.3) is 0 Å². The van der Waals surface area contributed by atoms with E-state index >= 15 is 0 Å². The number of aromatic nitrogens is 1. The molecule has 1 saturated carbocycles. The minimum Gasteiger partial charge on any atom is -0.369 e. The first-order chi connectivity index (χ1) is 11.6. The van der Waals surface area contributed by atoms with Crippen LogP contribution in [0.5, 0.6) is 0 Å². The highest BCUT2D eigenvalue weighted by molar-refractivity contribution is 7.09. The third kappa shape index (κ3) is 4.20. The molecule has 0 spiro atoms. The lowest BCUT2D eigenvalue weighted by Gasteiger charge is -2.17. The fraction of sp³-hybridized carbons (Fsp3) is 0.389. The van der Waals surface area contributed by atoms with Gasteiger partial charge >= 0.3 is 0 Å². The Balaban J connectivity index is 1.54. The molecule has 0 unspecified atom stereocenters. The molecule has 0 aliphatic heterocycles. The van der Waals surface area contributed by atoms with Crippen molar-refractivity contribution < 1.29 is 9.59 Å². The third-order valence-corrected chi connectivity index (χ3v) is 5.26. The number of nitrogens with two attached hydrogens (primary N) is 1. The number of benzene rings is 1. The van der Waals surface area contributed by atoms with Gasteiger partial charge in [-0.3, -0.25) is 9.59 Å². The van der Waals surface area contributed by atoms with E-state index in [1.165, 1.54) is 5.56 Å². The molecule has 2 amide bonds. The first kappa shape index (κ1) is 16.6. The smallest absolute Gasteiger partial charge is 0.226 e. The Morgan fingerprint density at radius 1 is 1.25 bits per heavy atom. The third-order valence-electron chi connectivity index (χ3n) is 4.37. The number of hydrogen-bond donors (Lipinski definition) is 2. The summed E-state index contributed by atoms with van der Waals surface area (Å²) in [6.07, 6.45) is 3.52. The molecule has 1 aliphatic rings. The van der Waals surface area contributed by atoms with Crippen LogP contribution in [-0.4, -0.2) is 22.8 Å². The highest BCUT2D eigenvalue weighted by atomic mass is 32.1. The van der Waals surface area contributed by atoms with Crippen molar-refractivity contribution in [3.05, 3.63) is 52.0 Å². The number of nitrogens with one attached hydrogen (secondary N) is 1. The van der Waals surface area contributed by atoms with E-state index in [0.717, 1.165) is 36.4 Å². The second-order valence-corrected chi connectivity index (χ2v) is 7.13. The summed E-state index contributed by atoms with van der Waals surface area (Å²) in [6.45, 7) is 0. The zero-order valence-corrected chi connectivity index (χ0v) is 14.2. The van der Waals surface area contributed by atoms with Crippen molar-refractivity contribution in [1.82, 2.24) is 10.3 Å². The van der Waals surface area contributed by atoms with Gasteiger partial charge in [0.05, 0.1) is 23.0 Å². The average molecular weight is 343 g/mol. The van der Waals surface area contributed by atoms with Gasteiger partial charge in [-0.1, -0.05) is 36.8 Å². The Bertz CT molecular complexity index is 714. The first-order valence-corrected chi connectivity index (χ1v) is 9.05. The summed E-state index contributed by atoms with van der Waals surface area (Å²) in [7, 11) is 0. The molecule has 5 nitrogen and oxygen atoms in total. The van der Waals surface area contributed by atoms with Crippen molar-refractivity contribution in [2.45, 2.75) is 38.1 Å². The van der Waals surface area contributed by atoms with Crippen LogP contribution in [0.4, 0.5) is 0 Å². The average Bonchev–Trinajstić information content (AvgIpc) is 3.18. The molecule has 0 saturated heterocycles. The van der Waals surface area contributed by atoms with Crippen molar-refractivity contribution in [3.8, 4) is 0 Å². The molecule has 1 aromatic carbocycles. The Labute approximate surface area is 145 Å². The molecule has 2 atom stereocenters. The Morgan fingerprint density at radius 3 is 2.79 bits per heavy atom. The van der Waals surface area contributed by atoms with Crippen LogP contribution in [0.2, 0.25) is 0 Å². The minimum absolute atomic E-state index is 0.0929. The van der Waals surface area contributed by atoms with Gasteiger partial charge in [0.1, 0.15) is 0 Å². The zero-order valence-electron chi connectivity index (χ0n) is 13.4. The van der Waals surface area contributed by atoms with Crippen LogP contribution in [-0.2, 0) is 22.4 Å². The Hall–Kier alpha value is -2.21. The predicted molar refractivity (Wildman–Crippen MR) is 93.5 cm³/mol. The van der Waals surface area contributed by atoms with Crippen molar-refractivity contribution >= 4 is 23.2 Å². The molecule has 0 radical (unpaired) electrons. The Morgan fingerprint density at radius 2 is 2.04 bits per heavy atom. The van der Waals surface area contributed by atoms with E-state index in [1.54, 1.807) is 11.3 Å². The summed E-state index contributed by atoms with van der Waals surface area (Å²) < 4.78 is 0. The highest BCUT2D eigenvalue weighted by Gasteiger charge is 2.32. The SMILES string of the molecule is NC(=O)[C@@H]1CCC[C@@H]1NC(=O)Cc1csc(Cc2ccccc2)n1. The van der Waals surface area contributed by atoms with Gasteiger partial charge in [-0.2, -0.15) is 0 Å². The predicted octanol–water partition coefficient (Wildman–Crippen LogP) is 2.05. The molecule has 24 heavy (non-hydrogen) atoms. The molecule has 126 valence electrons. The largest absolute Gasteiger partial charge is 0.369 e. The number of nitrogens with zero attached hydrogens (tertiary/aromatic N) is 1. The first-order valence-electron chi connectivity index (χ1n) is 8.17. The van der Waals surface area contributed by atoms with E-state index in [4.69, 9.17) is 5.73 Å². The van der Waals surface area contributed by atoms with Crippen molar-refractivity contribution in [2.24, 2.45) is 11.7 Å². The van der Waals surface area contributed by atoms with Crippen molar-refractivity contribution in [1.29, 1.82) is 0 Å². The lowest BCUT2D eigenvalue weighted by atomic mass is 10.0. The van der Waals surface area contributed by atoms with Gasteiger partial charge in [-0.05, 0) is 18.4 Å². The molecule has 1 heterocycles. The normalized spacial score (nSPS) is 20.0. The second-order valence-electron chi connectivity index (χ2n) is 6.19. The molecule has 1 fully saturated rings. The molecular formula is C18H21N3O2S. The Kier molecular flexibility index (Phi) is 5.25. The van der Waals surface area contributed by atoms with Gasteiger partial charge in [-0.15, -0.1) is 11.3 Å². The van der Waals surface area contributed by atoms with E-state index in [1.807, 2.05) is 23.6 Å². The summed E-state index contributed by atoms with van der Waals surface area (Å²) >= 11 is 1.57. The molecule has 1 aliphatic carbocycles. The minimum atomic E-state index is -0.323. The number of carbonyl (C=O) groups is 2. The van der Waals surface area contributed by atoms with Crippen molar-refractivity contribution in [2.75, 3.05) is 0 Å². The van der Waals surface area contributed by atoms with E-state index in [0.29, 0.717) is 0 Å². The van der Waals surface area contributed by atoms with Gasteiger partial charge in [0, 0.05) is 17.8 Å². The van der Waals surface area contributed by atoms with E-state index in [9.17, 15) is 9.59 Å². The monoisotopic (exact) mass is 343 g/mol. The van der Waals surface area contributed by atoms with Crippen LogP contribution < -0.4 is 11.1 Å². The van der Waals surface area contributed by atoms with Crippen LogP contribution in [0.15, 0.2) is 35.7 Å². The highest BCUT2D eigenvalue weighted by Crippen LogP contribution is 2.25. The van der Waals surface area contributed by atoms with E-state index < -0.39 is 0 Å². The molecule has 3 rings (SSSR count). The molecule has 3 N–H and O–H groups in total. The quantitative estimate of drug-likeness (QED) is 0.842. The lowest BCUT2D eigenvalue weighted by Crippen LogP contribution is -2.42. The number of thiazole rings is 1. The summed E-state index contributed by atoms with van der Waals surface area (Å²) in [5.41, 5.74) is 7.37. The molecule has 0 bridgehead atoms. The van der Waals surface area contributed by atoms with Crippen LogP contribution in [0.3, 0.4) is 0 Å². The number of rotatable bonds is 6. The summed E-state index contributed by atoms with van der Waals surface area (Å²) in [5, 5.41) is 5.87. The summed E-state index contributed by atoms with van der Waals surface area (Å²) in [4.78, 5) is 28.1. The van der Waals surface area contributed by atoms with Gasteiger partial charge in [0.25, 0.3) is 0 Å². The number of hydrogen-bond acceptors (Lipinski definition) is 4. The zero-order chi connectivity index (χ0) is 16.9. The van der Waals surface area contributed by atoms with Gasteiger partial charge < -0.3 is 11.1 Å². The van der Waals surface area contributed by atoms with Gasteiger partial charge in [0.15, 0.2) is 0 Å². The molecule has 1 aromatic heterocycles. The maximum atomic E-state index is 12.2. The fourth-order valence-corrected chi connectivity index (χ4v) is 4.01. The number of amides is 2. The van der Waals surface area contributed by atoms with Gasteiger partial charge in [0.2, 0.25) is 11.8 Å². The number of primary amides is 1. The maximum Gasteiger partial charge on any atom is 0.226 e. The van der Waals surface area contributed by atoms with Crippen LogP contribution in [0, 0.1) is 5.92 Å². The van der Waals surface area contributed by atoms with Gasteiger partial charge in [-0.25, -0.2) is 4.98 Å². The van der Waals surface area contributed by atoms with Crippen LogP contribution in [0.1, 0.15) is 35.5 Å². The molecular weight excluding hydrogens is 322 g/mol. The molecule has 6 heteroatoms. The number of carbonyl (C=O) groups excluding carboxylic acids is 2. The lowest BCUT2D eigenvalue weighted by molar-refractivity contribution is -0.124. The standard InChI is InChI=1S/C18H21N3O2S/c19-18(23)14-7-4-8-15(14)21-16(22)10-13-11-24-17(20-13)9-12-5-2-1-3-6-12/h1-3,5-6,11,14-15H,4,7-10H2,(H2,19,23)(H,21,22)/t14-,15+/m1/s1. The fourth-order valence-electron chi connectivity index (χ4n) is 3.18. The second kappa shape index (κ2) is 7.57. The van der Waals surface area contributed by atoms with Crippen molar-refractivity contribution in [3.63, 3.8) is 0 Å².